The Labute approximate surface area is 182 Å². The molecular formula is C25H27FN4O. The van der Waals surface area contributed by atoms with E-state index in [0.717, 1.165) is 63.4 Å². The molecule has 1 aromatic heterocycles. The molecule has 5 nitrogen and oxygen atoms in total. The van der Waals surface area contributed by atoms with Crippen molar-refractivity contribution in [2.45, 2.75) is 12.8 Å². The number of benzene rings is 2. The van der Waals surface area contributed by atoms with Crippen molar-refractivity contribution in [1.29, 1.82) is 0 Å². The van der Waals surface area contributed by atoms with Gasteiger partial charge in [0.15, 0.2) is 0 Å². The predicted molar refractivity (Wildman–Crippen MR) is 123 cm³/mol. The van der Waals surface area contributed by atoms with E-state index in [-0.39, 0.29) is 11.6 Å². The lowest BCUT2D eigenvalue weighted by Gasteiger charge is -2.29. The number of para-hydroxylation sites is 1. The highest BCUT2D eigenvalue weighted by molar-refractivity contribution is 5.83. The average molecular weight is 419 g/mol. The van der Waals surface area contributed by atoms with Crippen molar-refractivity contribution in [2.75, 3.05) is 49.1 Å². The number of halogens is 1. The largest absolute Gasteiger partial charge is 0.507 e. The van der Waals surface area contributed by atoms with E-state index < -0.39 is 0 Å². The van der Waals surface area contributed by atoms with Crippen LogP contribution in [-0.2, 0) is 0 Å². The van der Waals surface area contributed by atoms with Gasteiger partial charge in [0.2, 0.25) is 0 Å². The first-order valence-corrected chi connectivity index (χ1v) is 11.0. The number of aromatic hydroxyl groups is 1. The van der Waals surface area contributed by atoms with Gasteiger partial charge in [-0.3, -0.25) is 4.98 Å². The van der Waals surface area contributed by atoms with Crippen LogP contribution in [0.4, 0.5) is 15.8 Å². The highest BCUT2D eigenvalue weighted by Crippen LogP contribution is 2.39. The van der Waals surface area contributed by atoms with Crippen molar-refractivity contribution in [3.8, 4) is 28.0 Å². The molecule has 2 saturated heterocycles. The van der Waals surface area contributed by atoms with E-state index in [4.69, 9.17) is 0 Å². The van der Waals surface area contributed by atoms with Crippen LogP contribution in [0.3, 0.4) is 0 Å². The summed E-state index contributed by atoms with van der Waals surface area (Å²) >= 11 is 0. The maximum Gasteiger partial charge on any atom is 0.147 e. The van der Waals surface area contributed by atoms with Crippen LogP contribution in [0.15, 0.2) is 54.9 Å². The molecule has 2 fully saturated rings. The molecule has 0 spiro atoms. The molecule has 3 heterocycles. The number of phenols is 1. The van der Waals surface area contributed by atoms with Crippen molar-refractivity contribution in [1.82, 2.24) is 10.3 Å². The van der Waals surface area contributed by atoms with Gasteiger partial charge in [-0.05, 0) is 36.6 Å². The zero-order valence-electron chi connectivity index (χ0n) is 17.5. The Morgan fingerprint density at radius 1 is 0.839 bits per heavy atom. The highest BCUT2D eigenvalue weighted by Gasteiger charge is 2.18. The van der Waals surface area contributed by atoms with Crippen LogP contribution in [0.5, 0.6) is 5.75 Å². The summed E-state index contributed by atoms with van der Waals surface area (Å²) in [6.07, 6.45) is 5.83. The van der Waals surface area contributed by atoms with Crippen LogP contribution in [0.25, 0.3) is 22.3 Å². The average Bonchev–Trinajstić information content (AvgIpc) is 3.34. The van der Waals surface area contributed by atoms with Crippen molar-refractivity contribution in [3.05, 3.63) is 60.7 Å². The second-order valence-corrected chi connectivity index (χ2v) is 8.23. The summed E-state index contributed by atoms with van der Waals surface area (Å²) in [6, 6.07) is 12.9. The standard InChI is InChI=1S/C25H27FN4O/c26-23-15-18(6-7-24(23)30-10-1-2-11-30)21-4-3-5-22(25(21)31)19-14-20(17-28-16-19)29-12-8-27-9-13-29/h3-7,14-17,27,31H,1-2,8-13H2. The monoisotopic (exact) mass is 418 g/mol. The quantitative estimate of drug-likeness (QED) is 0.663. The smallest absolute Gasteiger partial charge is 0.147 e. The number of anilines is 2. The van der Waals surface area contributed by atoms with Crippen LogP contribution in [0.2, 0.25) is 0 Å². The summed E-state index contributed by atoms with van der Waals surface area (Å²) in [5, 5.41) is 14.4. The number of pyridine rings is 1. The van der Waals surface area contributed by atoms with Crippen LogP contribution in [-0.4, -0.2) is 49.4 Å². The van der Waals surface area contributed by atoms with Crippen LogP contribution in [0, 0.1) is 5.82 Å². The zero-order valence-corrected chi connectivity index (χ0v) is 17.5. The van der Waals surface area contributed by atoms with E-state index in [1.807, 2.05) is 36.5 Å². The molecule has 31 heavy (non-hydrogen) atoms. The Balaban J connectivity index is 1.48. The van der Waals surface area contributed by atoms with Gasteiger partial charge in [-0.1, -0.05) is 24.3 Å². The molecule has 0 unspecified atom stereocenters. The van der Waals surface area contributed by atoms with Crippen LogP contribution >= 0.6 is 0 Å². The third kappa shape index (κ3) is 3.95. The molecule has 5 rings (SSSR count). The molecule has 0 amide bonds. The molecule has 2 aromatic carbocycles. The molecule has 0 bridgehead atoms. The number of hydrogen-bond acceptors (Lipinski definition) is 5. The first-order valence-electron chi connectivity index (χ1n) is 11.0. The minimum Gasteiger partial charge on any atom is -0.507 e. The van der Waals surface area contributed by atoms with Gasteiger partial charge in [-0.15, -0.1) is 0 Å². The predicted octanol–water partition coefficient (Wildman–Crippen LogP) is 4.27. The molecule has 0 atom stereocenters. The molecule has 2 aliphatic rings. The molecule has 6 heteroatoms. The second kappa shape index (κ2) is 8.55. The lowest BCUT2D eigenvalue weighted by Crippen LogP contribution is -2.43. The number of phenolic OH excluding ortho intramolecular Hbond substituents is 1. The second-order valence-electron chi connectivity index (χ2n) is 8.23. The van der Waals surface area contributed by atoms with E-state index in [9.17, 15) is 9.50 Å². The van der Waals surface area contributed by atoms with Crippen LogP contribution in [0.1, 0.15) is 12.8 Å². The third-order valence-corrected chi connectivity index (χ3v) is 6.26. The van der Waals surface area contributed by atoms with Gasteiger partial charge in [0, 0.05) is 62.2 Å². The van der Waals surface area contributed by atoms with Gasteiger partial charge in [0.05, 0.1) is 17.6 Å². The van der Waals surface area contributed by atoms with Gasteiger partial charge in [0.25, 0.3) is 0 Å². The summed E-state index contributed by atoms with van der Waals surface area (Å²) in [6.45, 7) is 5.55. The summed E-state index contributed by atoms with van der Waals surface area (Å²) in [5.74, 6) is -0.0957. The summed E-state index contributed by atoms with van der Waals surface area (Å²) < 4.78 is 14.9. The van der Waals surface area contributed by atoms with E-state index in [0.29, 0.717) is 22.4 Å². The fourth-order valence-corrected chi connectivity index (χ4v) is 4.57. The molecular weight excluding hydrogens is 391 g/mol. The van der Waals surface area contributed by atoms with Crippen LogP contribution < -0.4 is 15.1 Å². The Morgan fingerprint density at radius 3 is 2.32 bits per heavy atom. The number of nitrogens with zero attached hydrogens (tertiary/aromatic N) is 3. The Hall–Kier alpha value is -3.12. The topological polar surface area (TPSA) is 51.6 Å². The number of nitrogens with one attached hydrogen (secondary N) is 1. The van der Waals surface area contributed by atoms with Gasteiger partial charge in [-0.25, -0.2) is 4.39 Å². The Kier molecular flexibility index (Phi) is 5.47. The highest BCUT2D eigenvalue weighted by atomic mass is 19.1. The van der Waals surface area contributed by atoms with E-state index in [2.05, 4.69) is 26.2 Å². The number of piperazine rings is 1. The van der Waals surface area contributed by atoms with Crippen molar-refractivity contribution >= 4 is 11.4 Å². The van der Waals surface area contributed by atoms with Crippen molar-refractivity contribution in [2.24, 2.45) is 0 Å². The van der Waals surface area contributed by atoms with Gasteiger partial charge >= 0.3 is 0 Å². The first kappa shape index (κ1) is 19.8. The fraction of sp³-hybridized carbons (Fsp3) is 0.320. The summed E-state index contributed by atoms with van der Waals surface area (Å²) in [7, 11) is 0. The Bertz CT molecular complexity index is 1070. The number of hydrogen-bond donors (Lipinski definition) is 2. The van der Waals surface area contributed by atoms with Gasteiger partial charge in [-0.2, -0.15) is 0 Å². The number of rotatable bonds is 4. The summed E-state index contributed by atoms with van der Waals surface area (Å²) in [5.41, 5.74) is 4.54. The molecule has 0 aliphatic carbocycles. The minimum absolute atomic E-state index is 0.148. The zero-order chi connectivity index (χ0) is 21.2. The Morgan fingerprint density at radius 2 is 1.58 bits per heavy atom. The SMILES string of the molecule is Oc1c(-c2cncc(N3CCNCC3)c2)cccc1-c1ccc(N2CCCC2)c(F)c1. The lowest BCUT2D eigenvalue weighted by atomic mass is 9.97. The third-order valence-electron chi connectivity index (χ3n) is 6.26. The molecule has 0 saturated carbocycles. The van der Waals surface area contributed by atoms with E-state index in [1.54, 1.807) is 6.20 Å². The van der Waals surface area contributed by atoms with Gasteiger partial charge < -0.3 is 20.2 Å². The molecule has 2 N–H and O–H groups in total. The van der Waals surface area contributed by atoms with Gasteiger partial charge in [0.1, 0.15) is 11.6 Å². The maximum absolute atomic E-state index is 14.9. The molecule has 2 aliphatic heterocycles. The van der Waals surface area contributed by atoms with Crippen molar-refractivity contribution in [3.63, 3.8) is 0 Å². The first-order chi connectivity index (χ1) is 15.2. The maximum atomic E-state index is 14.9. The minimum atomic E-state index is -0.244. The molecule has 3 aromatic rings. The number of aromatic nitrogens is 1. The fourth-order valence-electron chi connectivity index (χ4n) is 4.57. The van der Waals surface area contributed by atoms with Crippen molar-refractivity contribution < 1.29 is 9.50 Å². The normalized spacial score (nSPS) is 16.7. The molecule has 160 valence electrons. The molecule has 0 radical (unpaired) electrons. The summed E-state index contributed by atoms with van der Waals surface area (Å²) in [4.78, 5) is 8.79. The van der Waals surface area contributed by atoms with E-state index in [1.165, 1.54) is 6.07 Å². The van der Waals surface area contributed by atoms with E-state index >= 15 is 0 Å². The lowest BCUT2D eigenvalue weighted by molar-refractivity contribution is 0.479.